The number of nitrogens with one attached hydrogen (secondary N) is 1. The fraction of sp³-hybridized carbons (Fsp3) is 0.231. The molecular weight excluding hydrogens is 218 g/mol. The van der Waals surface area contributed by atoms with E-state index >= 15 is 0 Å². The number of carbonyl (C=O) groups excluding carboxylic acids is 1. The van der Waals surface area contributed by atoms with Gasteiger partial charge in [0.25, 0.3) is 0 Å². The number of aromatic amines is 1. The van der Waals surface area contributed by atoms with Gasteiger partial charge in [-0.25, -0.2) is 0 Å². The zero-order valence-electron chi connectivity index (χ0n) is 9.28. The van der Waals surface area contributed by atoms with Gasteiger partial charge >= 0.3 is 5.97 Å². The lowest BCUT2D eigenvalue weighted by molar-refractivity contribution is -0.138. The van der Waals surface area contributed by atoms with Gasteiger partial charge in [0.2, 0.25) is 0 Å². The molecule has 0 fully saturated rings. The Balaban J connectivity index is 2.44. The van der Waals surface area contributed by atoms with E-state index in [0.29, 0.717) is 5.56 Å². The highest BCUT2D eigenvalue weighted by molar-refractivity contribution is 6.14. The van der Waals surface area contributed by atoms with Crippen LogP contribution in [0.2, 0.25) is 0 Å². The highest BCUT2D eigenvalue weighted by Gasteiger charge is 2.34. The van der Waals surface area contributed by atoms with Gasteiger partial charge in [0.15, 0.2) is 5.78 Å². The predicted molar refractivity (Wildman–Crippen MR) is 62.4 cm³/mol. The topological polar surface area (TPSA) is 70.2 Å². The molecule has 1 aliphatic rings. The van der Waals surface area contributed by atoms with Crippen molar-refractivity contribution in [2.45, 2.75) is 19.3 Å². The molecule has 2 aromatic rings. The molecular formula is C13H11NO3. The minimum atomic E-state index is -0.933. The number of benzene rings is 1. The third-order valence-electron chi connectivity index (χ3n) is 3.40. The van der Waals surface area contributed by atoms with Crippen molar-refractivity contribution in [2.75, 3.05) is 0 Å². The summed E-state index contributed by atoms with van der Waals surface area (Å²) in [7, 11) is 0. The van der Waals surface area contributed by atoms with Crippen LogP contribution in [0.1, 0.15) is 34.0 Å². The minimum absolute atomic E-state index is 0.0557. The summed E-state index contributed by atoms with van der Waals surface area (Å²) in [6, 6.07) is 5.45. The number of carboxylic acid groups (broad SMARTS) is 1. The number of aliphatic carboxylic acids is 1. The Morgan fingerprint density at radius 1 is 1.47 bits per heavy atom. The van der Waals surface area contributed by atoms with Gasteiger partial charge in [-0.2, -0.15) is 0 Å². The molecule has 1 heterocycles. The lowest BCUT2D eigenvalue weighted by atomic mass is 9.82. The van der Waals surface area contributed by atoms with E-state index in [-0.39, 0.29) is 12.2 Å². The Bertz CT molecular complexity index is 654. The molecule has 1 atom stereocenters. The number of aromatic nitrogens is 1. The molecule has 3 rings (SSSR count). The van der Waals surface area contributed by atoms with Gasteiger partial charge in [-0.1, -0.05) is 12.1 Å². The second-order valence-electron chi connectivity index (χ2n) is 4.41. The summed E-state index contributed by atoms with van der Waals surface area (Å²) < 4.78 is 0. The molecule has 1 aromatic carbocycles. The van der Waals surface area contributed by atoms with Crippen LogP contribution in [0, 0.1) is 6.92 Å². The first-order valence-corrected chi connectivity index (χ1v) is 5.47. The quantitative estimate of drug-likeness (QED) is 0.787. The summed E-state index contributed by atoms with van der Waals surface area (Å²) in [5.74, 6) is -1.74. The van der Waals surface area contributed by atoms with Crippen molar-refractivity contribution in [3.05, 3.63) is 35.0 Å². The number of hydrogen-bond donors (Lipinski definition) is 2. The first-order chi connectivity index (χ1) is 8.09. The molecule has 86 valence electrons. The maximum atomic E-state index is 11.9. The standard InChI is InChI=1S/C13H11NO3/c1-6-11-8(13(16)17)5-10(15)7-3-2-4-9(14-6)12(7)11/h2-4,8,14H,5H2,1H3,(H,16,17). The zero-order chi connectivity index (χ0) is 12.2. The molecule has 4 heteroatoms. The van der Waals surface area contributed by atoms with Crippen molar-refractivity contribution in [3.63, 3.8) is 0 Å². The van der Waals surface area contributed by atoms with E-state index in [0.717, 1.165) is 22.2 Å². The first-order valence-electron chi connectivity index (χ1n) is 5.47. The maximum absolute atomic E-state index is 11.9. The molecule has 1 aromatic heterocycles. The van der Waals surface area contributed by atoms with Crippen molar-refractivity contribution < 1.29 is 14.7 Å². The van der Waals surface area contributed by atoms with Crippen LogP contribution in [0.5, 0.6) is 0 Å². The molecule has 0 bridgehead atoms. The first kappa shape index (κ1) is 10.1. The SMILES string of the molecule is Cc1[nH]c2cccc3c2c1C(C(=O)O)CC3=O. The van der Waals surface area contributed by atoms with Gasteiger partial charge in [0.05, 0.1) is 5.92 Å². The Morgan fingerprint density at radius 3 is 2.94 bits per heavy atom. The Morgan fingerprint density at radius 2 is 2.24 bits per heavy atom. The van der Waals surface area contributed by atoms with Gasteiger partial charge in [-0.05, 0) is 18.6 Å². The van der Waals surface area contributed by atoms with Crippen LogP contribution >= 0.6 is 0 Å². The highest BCUT2D eigenvalue weighted by atomic mass is 16.4. The summed E-state index contributed by atoms with van der Waals surface area (Å²) >= 11 is 0. The average Bonchev–Trinajstić information content (AvgIpc) is 2.61. The summed E-state index contributed by atoms with van der Waals surface area (Å²) in [6.45, 7) is 1.85. The van der Waals surface area contributed by atoms with Gasteiger partial charge in [-0.15, -0.1) is 0 Å². The number of carbonyl (C=O) groups is 2. The van der Waals surface area contributed by atoms with Crippen molar-refractivity contribution >= 4 is 22.7 Å². The zero-order valence-corrected chi connectivity index (χ0v) is 9.28. The minimum Gasteiger partial charge on any atom is -0.481 e. The summed E-state index contributed by atoms with van der Waals surface area (Å²) in [5.41, 5.74) is 3.09. The molecule has 17 heavy (non-hydrogen) atoms. The maximum Gasteiger partial charge on any atom is 0.311 e. The van der Waals surface area contributed by atoms with Gasteiger partial charge in [0.1, 0.15) is 0 Å². The second-order valence-corrected chi connectivity index (χ2v) is 4.41. The number of rotatable bonds is 1. The van der Waals surface area contributed by atoms with Crippen molar-refractivity contribution in [2.24, 2.45) is 0 Å². The normalized spacial score (nSPS) is 18.6. The number of Topliss-reactive ketones (excluding diaryl/α,β-unsaturated/α-hetero) is 1. The fourth-order valence-corrected chi connectivity index (χ4v) is 2.68. The van der Waals surface area contributed by atoms with Crippen LogP contribution in [-0.4, -0.2) is 21.8 Å². The molecule has 4 nitrogen and oxygen atoms in total. The molecule has 0 saturated heterocycles. The molecule has 2 N–H and O–H groups in total. The summed E-state index contributed by atoms with van der Waals surface area (Å²) in [5, 5.41) is 10.00. The van der Waals surface area contributed by atoms with Crippen molar-refractivity contribution in [1.29, 1.82) is 0 Å². The second kappa shape index (κ2) is 3.20. The van der Waals surface area contributed by atoms with E-state index in [4.69, 9.17) is 0 Å². The third-order valence-corrected chi connectivity index (χ3v) is 3.40. The molecule has 0 amide bonds. The van der Waals surface area contributed by atoms with Crippen LogP contribution in [0.4, 0.5) is 0 Å². The lowest BCUT2D eigenvalue weighted by Crippen LogP contribution is -2.21. The number of hydrogen-bond acceptors (Lipinski definition) is 2. The van der Waals surface area contributed by atoms with Gasteiger partial charge in [-0.3, -0.25) is 9.59 Å². The van der Waals surface area contributed by atoms with Crippen LogP contribution in [0.15, 0.2) is 18.2 Å². The number of carboxylic acids is 1. The third kappa shape index (κ3) is 1.24. The predicted octanol–water partition coefficient (Wildman–Crippen LogP) is 2.23. The van der Waals surface area contributed by atoms with Crippen LogP contribution in [-0.2, 0) is 4.79 Å². The Hall–Kier alpha value is -2.10. The van der Waals surface area contributed by atoms with Crippen molar-refractivity contribution in [1.82, 2.24) is 4.98 Å². The highest BCUT2D eigenvalue weighted by Crippen LogP contribution is 2.38. The monoisotopic (exact) mass is 229 g/mol. The molecule has 0 aliphatic heterocycles. The van der Waals surface area contributed by atoms with Crippen LogP contribution in [0.25, 0.3) is 10.9 Å². The van der Waals surface area contributed by atoms with E-state index in [9.17, 15) is 14.7 Å². The van der Waals surface area contributed by atoms with Gasteiger partial charge in [0, 0.05) is 28.6 Å². The van der Waals surface area contributed by atoms with Crippen molar-refractivity contribution in [3.8, 4) is 0 Å². The molecule has 0 spiro atoms. The van der Waals surface area contributed by atoms with E-state index < -0.39 is 11.9 Å². The Labute approximate surface area is 97.3 Å². The molecule has 0 radical (unpaired) electrons. The summed E-state index contributed by atoms with van der Waals surface area (Å²) in [6.07, 6.45) is 0.0557. The average molecular weight is 229 g/mol. The largest absolute Gasteiger partial charge is 0.481 e. The molecule has 1 aliphatic carbocycles. The van der Waals surface area contributed by atoms with Gasteiger partial charge < -0.3 is 10.1 Å². The molecule has 0 saturated carbocycles. The number of ketones is 1. The summed E-state index contributed by atoms with van der Waals surface area (Å²) in [4.78, 5) is 26.3. The van der Waals surface area contributed by atoms with E-state index in [1.54, 1.807) is 6.07 Å². The van der Waals surface area contributed by atoms with Crippen LogP contribution in [0.3, 0.4) is 0 Å². The number of H-pyrrole nitrogens is 1. The molecule has 1 unspecified atom stereocenters. The number of aryl methyl sites for hydroxylation is 1. The Kier molecular flexibility index (Phi) is 1.90. The van der Waals surface area contributed by atoms with Crippen LogP contribution < -0.4 is 0 Å². The lowest BCUT2D eigenvalue weighted by Gasteiger charge is -2.18. The van der Waals surface area contributed by atoms with E-state index in [2.05, 4.69) is 4.98 Å². The fourth-order valence-electron chi connectivity index (χ4n) is 2.68. The van der Waals surface area contributed by atoms with E-state index in [1.165, 1.54) is 0 Å². The smallest absolute Gasteiger partial charge is 0.311 e. The van der Waals surface area contributed by atoms with E-state index in [1.807, 2.05) is 19.1 Å².